The summed E-state index contributed by atoms with van der Waals surface area (Å²) in [4.78, 5) is 17.6. The molecule has 8 heteroatoms. The van der Waals surface area contributed by atoms with Crippen LogP contribution in [-0.2, 0) is 17.5 Å². The molecule has 2 heterocycles. The van der Waals surface area contributed by atoms with E-state index in [1.54, 1.807) is 11.1 Å². The van der Waals surface area contributed by atoms with Gasteiger partial charge in [0.15, 0.2) is 0 Å². The Hall–Kier alpha value is -2.42. The normalized spacial score (nSPS) is 23.8. The molecule has 0 N–H and O–H groups in total. The zero-order valence-corrected chi connectivity index (χ0v) is 18.4. The third-order valence-corrected chi connectivity index (χ3v) is 6.59. The monoisotopic (exact) mass is 446 g/mol. The number of hydrogen-bond donors (Lipinski definition) is 0. The van der Waals surface area contributed by atoms with Crippen molar-refractivity contribution in [3.05, 3.63) is 65.7 Å². The summed E-state index contributed by atoms with van der Waals surface area (Å²) in [5.74, 6) is -0.00665. The van der Waals surface area contributed by atoms with Crippen molar-refractivity contribution in [2.45, 2.75) is 25.7 Å². The molecule has 2 aliphatic rings. The third kappa shape index (κ3) is 4.82. The number of anilines is 1. The summed E-state index contributed by atoms with van der Waals surface area (Å²) in [7, 11) is 1.95. The summed E-state index contributed by atoms with van der Waals surface area (Å²) in [5.41, 5.74) is 0.947. The number of benzene rings is 2. The topological polar surface area (TPSA) is 30.0 Å². The van der Waals surface area contributed by atoms with Crippen LogP contribution in [0.1, 0.15) is 18.1 Å². The van der Waals surface area contributed by atoms with Crippen LogP contribution in [0.4, 0.5) is 18.9 Å². The molecular formula is C24H29F3N4O. The highest BCUT2D eigenvalue weighted by Crippen LogP contribution is 2.31. The van der Waals surface area contributed by atoms with Crippen LogP contribution in [0.25, 0.3) is 0 Å². The number of amides is 1. The molecule has 4 rings (SSSR count). The van der Waals surface area contributed by atoms with Gasteiger partial charge in [0.2, 0.25) is 5.91 Å². The fraction of sp³-hybridized carbons (Fsp3) is 0.458. The molecule has 0 aromatic heterocycles. The highest BCUT2D eigenvalue weighted by Gasteiger charge is 2.43. The molecule has 0 aliphatic carbocycles. The van der Waals surface area contributed by atoms with Crippen LogP contribution in [0.5, 0.6) is 0 Å². The molecule has 2 saturated heterocycles. The van der Waals surface area contributed by atoms with E-state index in [1.807, 2.05) is 42.4 Å². The first kappa shape index (κ1) is 22.8. The van der Waals surface area contributed by atoms with Crippen LogP contribution in [0.15, 0.2) is 54.6 Å². The zero-order chi connectivity index (χ0) is 22.9. The van der Waals surface area contributed by atoms with Gasteiger partial charge in [-0.1, -0.05) is 36.4 Å². The van der Waals surface area contributed by atoms with Crippen molar-refractivity contribution >= 4 is 11.6 Å². The number of carbonyl (C=O) groups excluding carboxylic acids is 1. The van der Waals surface area contributed by atoms with E-state index in [0.29, 0.717) is 18.7 Å². The Morgan fingerprint density at radius 3 is 2.25 bits per heavy atom. The van der Waals surface area contributed by atoms with Crippen molar-refractivity contribution in [1.82, 2.24) is 14.8 Å². The van der Waals surface area contributed by atoms with Crippen LogP contribution >= 0.6 is 0 Å². The van der Waals surface area contributed by atoms with Crippen LogP contribution in [0.3, 0.4) is 0 Å². The number of hydrogen-bond acceptors (Lipinski definition) is 4. The number of piperazine rings is 1. The minimum Gasteiger partial charge on any atom is -0.300 e. The predicted molar refractivity (Wildman–Crippen MR) is 118 cm³/mol. The second-order valence-electron chi connectivity index (χ2n) is 8.68. The van der Waals surface area contributed by atoms with E-state index in [2.05, 4.69) is 16.7 Å². The third-order valence-electron chi connectivity index (χ3n) is 6.59. The number of hydrazine groups is 1. The van der Waals surface area contributed by atoms with E-state index < -0.39 is 11.7 Å². The van der Waals surface area contributed by atoms with Crippen LogP contribution < -0.4 is 5.01 Å². The van der Waals surface area contributed by atoms with Gasteiger partial charge in [0.1, 0.15) is 0 Å². The van der Waals surface area contributed by atoms with Crippen molar-refractivity contribution in [3.63, 3.8) is 0 Å². The number of rotatable bonds is 5. The van der Waals surface area contributed by atoms with Gasteiger partial charge in [-0.3, -0.25) is 14.6 Å². The minimum atomic E-state index is -4.32. The summed E-state index contributed by atoms with van der Waals surface area (Å²) in [6.07, 6.45) is -4.32. The quantitative estimate of drug-likeness (QED) is 0.701. The number of alkyl halides is 3. The van der Waals surface area contributed by atoms with Gasteiger partial charge in [-0.05, 0) is 30.7 Å². The minimum absolute atomic E-state index is 0.0887. The fourth-order valence-corrected chi connectivity index (χ4v) is 4.58. The van der Waals surface area contributed by atoms with Crippen molar-refractivity contribution in [1.29, 1.82) is 0 Å². The van der Waals surface area contributed by atoms with Crippen LogP contribution in [-0.4, -0.2) is 66.5 Å². The molecule has 2 fully saturated rings. The maximum atomic E-state index is 13.2. The van der Waals surface area contributed by atoms with Gasteiger partial charge in [-0.25, -0.2) is 10.0 Å². The van der Waals surface area contributed by atoms with Gasteiger partial charge in [0.05, 0.1) is 17.2 Å². The smallest absolute Gasteiger partial charge is 0.300 e. The molecule has 172 valence electrons. The van der Waals surface area contributed by atoms with E-state index in [0.717, 1.165) is 37.9 Å². The first-order valence-corrected chi connectivity index (χ1v) is 11.0. The van der Waals surface area contributed by atoms with E-state index in [9.17, 15) is 18.0 Å². The van der Waals surface area contributed by atoms with Crippen LogP contribution in [0, 0.1) is 5.92 Å². The van der Waals surface area contributed by atoms with Gasteiger partial charge in [0.25, 0.3) is 0 Å². The first-order chi connectivity index (χ1) is 15.2. The Morgan fingerprint density at radius 1 is 0.938 bits per heavy atom. The Morgan fingerprint density at radius 2 is 1.59 bits per heavy atom. The molecule has 2 aromatic carbocycles. The summed E-state index contributed by atoms with van der Waals surface area (Å²) >= 11 is 0. The average molecular weight is 447 g/mol. The van der Waals surface area contributed by atoms with E-state index in [1.165, 1.54) is 12.1 Å². The fourth-order valence-electron chi connectivity index (χ4n) is 4.58. The molecule has 2 unspecified atom stereocenters. The summed E-state index contributed by atoms with van der Waals surface area (Å²) in [6, 6.07) is 15.3. The zero-order valence-electron chi connectivity index (χ0n) is 18.4. The van der Waals surface area contributed by atoms with Crippen LogP contribution in [0.2, 0.25) is 0 Å². The van der Waals surface area contributed by atoms with Crippen molar-refractivity contribution in [3.8, 4) is 0 Å². The average Bonchev–Trinajstić information content (AvgIpc) is 2.98. The number of carbonyl (C=O) groups is 1. The largest absolute Gasteiger partial charge is 0.416 e. The lowest BCUT2D eigenvalue weighted by molar-refractivity contribution is -0.137. The highest BCUT2D eigenvalue weighted by atomic mass is 19.4. The van der Waals surface area contributed by atoms with Gasteiger partial charge >= 0.3 is 6.18 Å². The molecule has 0 bridgehead atoms. The maximum absolute atomic E-state index is 13.2. The first-order valence-electron chi connectivity index (χ1n) is 11.0. The summed E-state index contributed by atoms with van der Waals surface area (Å²) in [5, 5.41) is 3.77. The lowest BCUT2D eigenvalue weighted by Gasteiger charge is -2.36. The lowest BCUT2D eigenvalue weighted by atomic mass is 10.0. The number of nitrogens with zero attached hydrogens (tertiary/aromatic N) is 4. The molecule has 5 nitrogen and oxygen atoms in total. The van der Waals surface area contributed by atoms with E-state index in [4.69, 9.17) is 0 Å². The molecular weight excluding hydrogens is 417 g/mol. The number of para-hydroxylation sites is 1. The molecule has 0 saturated carbocycles. The van der Waals surface area contributed by atoms with E-state index >= 15 is 0 Å². The second kappa shape index (κ2) is 9.21. The Balaban J connectivity index is 1.33. The lowest BCUT2D eigenvalue weighted by Crippen LogP contribution is -2.48. The molecule has 2 aromatic rings. The molecule has 0 spiro atoms. The predicted octanol–water partition coefficient (Wildman–Crippen LogP) is 3.72. The maximum Gasteiger partial charge on any atom is 0.416 e. The van der Waals surface area contributed by atoms with Crippen molar-refractivity contribution in [2.24, 2.45) is 5.92 Å². The molecule has 32 heavy (non-hydrogen) atoms. The molecule has 0 radical (unpaired) electrons. The standard InChI is InChI=1S/C24H29F3N4O/c1-18-22(23(32)31(28(18)2)21-9-4-3-5-10-21)17-30-13-11-29(12-14-30)16-19-7-6-8-20(15-19)24(25,26)27/h3-10,15,18,22H,11-14,16-17H2,1-2H3. The van der Waals surface area contributed by atoms with Gasteiger partial charge in [0, 0.05) is 52.4 Å². The van der Waals surface area contributed by atoms with Gasteiger partial charge in [-0.2, -0.15) is 13.2 Å². The highest BCUT2D eigenvalue weighted by molar-refractivity contribution is 5.96. The summed E-state index contributed by atoms with van der Waals surface area (Å²) in [6.45, 7) is 6.39. The molecule has 2 atom stereocenters. The Labute approximate surface area is 187 Å². The van der Waals surface area contributed by atoms with Crippen molar-refractivity contribution < 1.29 is 18.0 Å². The SMILES string of the molecule is CC1C(CN2CCN(Cc3cccc(C(F)(F)F)c3)CC2)C(=O)N(c2ccccc2)N1C. The Kier molecular flexibility index (Phi) is 6.55. The van der Waals surface area contributed by atoms with Crippen molar-refractivity contribution in [2.75, 3.05) is 44.8 Å². The number of halogens is 3. The molecule has 1 amide bonds. The van der Waals surface area contributed by atoms with Gasteiger partial charge < -0.3 is 0 Å². The Bertz CT molecular complexity index is 928. The van der Waals surface area contributed by atoms with Gasteiger partial charge in [-0.15, -0.1) is 0 Å². The molecule has 2 aliphatic heterocycles. The summed E-state index contributed by atoms with van der Waals surface area (Å²) < 4.78 is 38.9. The second-order valence-corrected chi connectivity index (χ2v) is 8.68. The van der Waals surface area contributed by atoms with E-state index in [-0.39, 0.29) is 17.9 Å².